The van der Waals surface area contributed by atoms with Crippen LogP contribution in [-0.4, -0.2) is 30.7 Å². The topological polar surface area (TPSA) is 63.3 Å². The van der Waals surface area contributed by atoms with Crippen molar-refractivity contribution < 1.29 is 27.4 Å². The van der Waals surface area contributed by atoms with Gasteiger partial charge in [0.1, 0.15) is 5.75 Å². The smallest absolute Gasteiger partial charge is 0.416 e. The predicted octanol–water partition coefficient (Wildman–Crippen LogP) is 5.56. The summed E-state index contributed by atoms with van der Waals surface area (Å²) in [4.78, 5) is 15.2. The van der Waals surface area contributed by atoms with Crippen LogP contribution in [0.3, 0.4) is 0 Å². The Labute approximate surface area is 178 Å². The molecular formula is C23H25F3N2O3. The minimum Gasteiger partial charge on any atom is -0.493 e. The lowest BCUT2D eigenvalue weighted by Crippen LogP contribution is -2.14. The number of halogens is 3. The SMILES string of the molecule is CCCOCCC(=O)Nc1c[nH]c2ccc(CCOc3ccc(C(F)(F)F)cc3)cc12. The first-order valence-electron chi connectivity index (χ1n) is 10.1. The van der Waals surface area contributed by atoms with Gasteiger partial charge in [0, 0.05) is 30.1 Å². The van der Waals surface area contributed by atoms with Crippen LogP contribution in [0.15, 0.2) is 48.7 Å². The van der Waals surface area contributed by atoms with Crippen molar-refractivity contribution in [3.63, 3.8) is 0 Å². The van der Waals surface area contributed by atoms with Gasteiger partial charge in [-0.3, -0.25) is 4.79 Å². The minimum atomic E-state index is -4.36. The highest BCUT2D eigenvalue weighted by Gasteiger charge is 2.30. The first-order valence-corrected chi connectivity index (χ1v) is 10.1. The van der Waals surface area contributed by atoms with Gasteiger partial charge >= 0.3 is 6.18 Å². The van der Waals surface area contributed by atoms with E-state index in [0.717, 1.165) is 35.0 Å². The predicted molar refractivity (Wildman–Crippen MR) is 113 cm³/mol. The number of hydrogen-bond donors (Lipinski definition) is 2. The number of H-pyrrole nitrogens is 1. The summed E-state index contributed by atoms with van der Waals surface area (Å²) in [6.07, 6.45) is -0.846. The van der Waals surface area contributed by atoms with Crippen molar-refractivity contribution >= 4 is 22.5 Å². The Balaban J connectivity index is 1.55. The van der Waals surface area contributed by atoms with Crippen LogP contribution in [-0.2, 0) is 22.1 Å². The second-order valence-corrected chi connectivity index (χ2v) is 7.11. The molecule has 31 heavy (non-hydrogen) atoms. The molecule has 5 nitrogen and oxygen atoms in total. The van der Waals surface area contributed by atoms with Gasteiger partial charge in [0.25, 0.3) is 0 Å². The van der Waals surface area contributed by atoms with Crippen molar-refractivity contribution in [3.05, 3.63) is 59.8 Å². The molecule has 0 spiro atoms. The van der Waals surface area contributed by atoms with Crippen molar-refractivity contribution in [2.24, 2.45) is 0 Å². The number of rotatable bonds is 10. The normalized spacial score (nSPS) is 11.6. The Hall–Kier alpha value is -3.00. The Morgan fingerprint density at radius 1 is 1.06 bits per heavy atom. The molecular weight excluding hydrogens is 409 g/mol. The monoisotopic (exact) mass is 434 g/mol. The standard InChI is InChI=1S/C23H25F3N2O3/c1-2-11-30-12-10-22(29)28-21-15-27-20-8-3-16(14-19(20)21)9-13-31-18-6-4-17(5-7-18)23(24,25)26/h3-8,14-15,27H,2,9-13H2,1H3,(H,28,29). The Morgan fingerprint density at radius 2 is 1.84 bits per heavy atom. The summed E-state index contributed by atoms with van der Waals surface area (Å²) in [5.41, 5.74) is 1.87. The molecule has 0 atom stereocenters. The molecule has 3 aromatic rings. The molecule has 1 amide bonds. The van der Waals surface area contributed by atoms with Gasteiger partial charge in [-0.1, -0.05) is 13.0 Å². The third-order valence-corrected chi connectivity index (χ3v) is 4.68. The Bertz CT molecular complexity index is 997. The van der Waals surface area contributed by atoms with E-state index in [1.807, 2.05) is 25.1 Å². The zero-order chi connectivity index (χ0) is 22.3. The number of benzene rings is 2. The summed E-state index contributed by atoms with van der Waals surface area (Å²) in [6, 6.07) is 10.5. The van der Waals surface area contributed by atoms with Crippen LogP contribution in [0, 0.1) is 0 Å². The molecule has 0 unspecified atom stereocenters. The third-order valence-electron chi connectivity index (χ3n) is 4.68. The number of alkyl halides is 3. The fourth-order valence-electron chi connectivity index (χ4n) is 3.08. The molecule has 2 N–H and O–H groups in total. The molecule has 8 heteroatoms. The Kier molecular flexibility index (Phi) is 7.57. The van der Waals surface area contributed by atoms with Crippen molar-refractivity contribution in [2.45, 2.75) is 32.4 Å². The second-order valence-electron chi connectivity index (χ2n) is 7.11. The first-order chi connectivity index (χ1) is 14.9. The molecule has 1 heterocycles. The number of fused-ring (bicyclic) bond motifs is 1. The number of aromatic nitrogens is 1. The maximum Gasteiger partial charge on any atom is 0.416 e. The molecule has 3 rings (SSSR count). The number of nitrogens with one attached hydrogen (secondary N) is 2. The highest BCUT2D eigenvalue weighted by atomic mass is 19.4. The van der Waals surface area contributed by atoms with Gasteiger partial charge in [-0.15, -0.1) is 0 Å². The van der Waals surface area contributed by atoms with Crippen molar-refractivity contribution in [1.29, 1.82) is 0 Å². The van der Waals surface area contributed by atoms with E-state index < -0.39 is 11.7 Å². The zero-order valence-corrected chi connectivity index (χ0v) is 17.2. The zero-order valence-electron chi connectivity index (χ0n) is 17.2. The van der Waals surface area contributed by atoms with Crippen molar-refractivity contribution in [2.75, 3.05) is 25.1 Å². The van der Waals surface area contributed by atoms with Crippen LogP contribution in [0.4, 0.5) is 18.9 Å². The maximum absolute atomic E-state index is 12.6. The Morgan fingerprint density at radius 3 is 2.55 bits per heavy atom. The number of anilines is 1. The van der Waals surface area contributed by atoms with Crippen LogP contribution >= 0.6 is 0 Å². The average Bonchev–Trinajstić information content (AvgIpc) is 3.13. The molecule has 0 aliphatic carbocycles. The molecule has 0 fully saturated rings. The lowest BCUT2D eigenvalue weighted by atomic mass is 10.1. The van der Waals surface area contributed by atoms with E-state index >= 15 is 0 Å². The molecule has 0 saturated carbocycles. The molecule has 0 saturated heterocycles. The van der Waals surface area contributed by atoms with Crippen LogP contribution in [0.5, 0.6) is 5.75 Å². The molecule has 0 aliphatic rings. The number of ether oxygens (including phenoxy) is 2. The third kappa shape index (κ3) is 6.49. The summed E-state index contributed by atoms with van der Waals surface area (Å²) in [5.74, 6) is 0.266. The molecule has 166 valence electrons. The average molecular weight is 434 g/mol. The number of hydrogen-bond acceptors (Lipinski definition) is 3. The highest BCUT2D eigenvalue weighted by Crippen LogP contribution is 2.30. The van der Waals surface area contributed by atoms with Gasteiger partial charge in [0.05, 0.1) is 30.9 Å². The molecule has 0 bridgehead atoms. The van der Waals surface area contributed by atoms with Gasteiger partial charge in [-0.2, -0.15) is 13.2 Å². The first kappa shape index (κ1) is 22.7. The van der Waals surface area contributed by atoms with Gasteiger partial charge in [0.15, 0.2) is 0 Å². The lowest BCUT2D eigenvalue weighted by Gasteiger charge is -2.09. The van der Waals surface area contributed by atoms with E-state index in [2.05, 4.69) is 10.3 Å². The molecule has 0 aliphatic heterocycles. The second kappa shape index (κ2) is 10.3. The van der Waals surface area contributed by atoms with Gasteiger partial charge in [-0.25, -0.2) is 0 Å². The minimum absolute atomic E-state index is 0.118. The van der Waals surface area contributed by atoms with E-state index in [0.29, 0.717) is 37.7 Å². The lowest BCUT2D eigenvalue weighted by molar-refractivity contribution is -0.137. The number of amides is 1. The van der Waals surface area contributed by atoms with Crippen LogP contribution < -0.4 is 10.1 Å². The van der Waals surface area contributed by atoms with E-state index in [1.165, 1.54) is 12.1 Å². The fourth-order valence-corrected chi connectivity index (χ4v) is 3.08. The summed E-state index contributed by atoms with van der Waals surface area (Å²) in [5, 5.41) is 3.78. The van der Waals surface area contributed by atoms with Crippen LogP contribution in [0.1, 0.15) is 30.9 Å². The fraction of sp³-hybridized carbons (Fsp3) is 0.348. The van der Waals surface area contributed by atoms with Crippen molar-refractivity contribution in [1.82, 2.24) is 4.98 Å². The number of carbonyl (C=O) groups is 1. The van der Waals surface area contributed by atoms with Gasteiger partial charge in [0.2, 0.25) is 5.91 Å². The van der Waals surface area contributed by atoms with Crippen molar-refractivity contribution in [3.8, 4) is 5.75 Å². The number of carbonyl (C=O) groups excluding carboxylic acids is 1. The summed E-state index contributed by atoms with van der Waals surface area (Å²) in [6.45, 7) is 3.35. The summed E-state index contributed by atoms with van der Waals surface area (Å²) in [7, 11) is 0. The van der Waals surface area contributed by atoms with Crippen LogP contribution in [0.2, 0.25) is 0 Å². The van der Waals surface area contributed by atoms with Gasteiger partial charge < -0.3 is 19.8 Å². The van der Waals surface area contributed by atoms with Crippen LogP contribution in [0.25, 0.3) is 10.9 Å². The van der Waals surface area contributed by atoms with E-state index in [9.17, 15) is 18.0 Å². The summed E-state index contributed by atoms with van der Waals surface area (Å²) < 4.78 is 48.8. The largest absolute Gasteiger partial charge is 0.493 e. The summed E-state index contributed by atoms with van der Waals surface area (Å²) >= 11 is 0. The van der Waals surface area contributed by atoms with E-state index in [1.54, 1.807) is 6.20 Å². The van der Waals surface area contributed by atoms with E-state index in [-0.39, 0.29) is 12.3 Å². The molecule has 0 radical (unpaired) electrons. The highest BCUT2D eigenvalue weighted by molar-refractivity contribution is 6.01. The molecule has 1 aromatic heterocycles. The maximum atomic E-state index is 12.6. The van der Waals surface area contributed by atoms with E-state index in [4.69, 9.17) is 9.47 Å². The quantitative estimate of drug-likeness (QED) is 0.411. The van der Waals surface area contributed by atoms with Gasteiger partial charge in [-0.05, 0) is 48.4 Å². The molecule has 2 aromatic carbocycles. The number of aromatic amines is 1.